The zero-order valence-corrected chi connectivity index (χ0v) is 12.6. The van der Waals surface area contributed by atoms with Crippen molar-refractivity contribution in [2.45, 2.75) is 20.4 Å². The number of hydrogen-bond donors (Lipinski definition) is 3. The van der Waals surface area contributed by atoms with Crippen LogP contribution in [0.4, 0.5) is 0 Å². The molecule has 1 aromatic rings. The van der Waals surface area contributed by atoms with Crippen LogP contribution in [0, 0.1) is 0 Å². The quantitative estimate of drug-likeness (QED) is 0.351. The lowest BCUT2D eigenvalue weighted by atomic mass is 10.4. The van der Waals surface area contributed by atoms with Crippen molar-refractivity contribution in [2.24, 2.45) is 4.99 Å². The summed E-state index contributed by atoms with van der Waals surface area (Å²) in [5.74, 6) is 1.16. The van der Waals surface area contributed by atoms with Crippen LogP contribution in [0.5, 0.6) is 0 Å². The molecule has 1 aromatic heterocycles. The van der Waals surface area contributed by atoms with Gasteiger partial charge < -0.3 is 25.1 Å². The summed E-state index contributed by atoms with van der Waals surface area (Å²) in [6.07, 6.45) is 1.57. The SMILES string of the molecule is CCNC(=NCC(=O)NCc1ccco1)NCCOCC. The number of nitrogens with one attached hydrogen (secondary N) is 3. The van der Waals surface area contributed by atoms with Gasteiger partial charge in [-0.25, -0.2) is 4.99 Å². The smallest absolute Gasteiger partial charge is 0.242 e. The minimum atomic E-state index is -0.159. The van der Waals surface area contributed by atoms with Crippen LogP contribution >= 0.6 is 0 Å². The molecule has 0 aliphatic rings. The lowest BCUT2D eigenvalue weighted by Gasteiger charge is -2.11. The second kappa shape index (κ2) is 10.7. The van der Waals surface area contributed by atoms with Crippen molar-refractivity contribution in [1.29, 1.82) is 0 Å². The van der Waals surface area contributed by atoms with E-state index in [1.165, 1.54) is 0 Å². The average molecular weight is 296 g/mol. The van der Waals surface area contributed by atoms with Crippen LogP contribution in [0.15, 0.2) is 27.8 Å². The number of furan rings is 1. The van der Waals surface area contributed by atoms with Gasteiger partial charge in [-0.3, -0.25) is 4.79 Å². The number of carbonyl (C=O) groups excluding carboxylic acids is 1. The van der Waals surface area contributed by atoms with Gasteiger partial charge in [0.1, 0.15) is 12.3 Å². The highest BCUT2D eigenvalue weighted by Crippen LogP contribution is 1.98. The Kier molecular flexibility index (Phi) is 8.70. The van der Waals surface area contributed by atoms with Gasteiger partial charge >= 0.3 is 0 Å². The molecule has 1 heterocycles. The van der Waals surface area contributed by atoms with Crippen LogP contribution in [0.2, 0.25) is 0 Å². The Balaban J connectivity index is 2.28. The van der Waals surface area contributed by atoms with E-state index in [1.54, 1.807) is 12.3 Å². The molecule has 21 heavy (non-hydrogen) atoms. The fourth-order valence-electron chi connectivity index (χ4n) is 1.53. The molecule has 0 saturated carbocycles. The molecule has 7 nitrogen and oxygen atoms in total. The number of hydrogen-bond acceptors (Lipinski definition) is 4. The van der Waals surface area contributed by atoms with Crippen molar-refractivity contribution in [3.63, 3.8) is 0 Å². The summed E-state index contributed by atoms with van der Waals surface area (Å²) in [5.41, 5.74) is 0. The summed E-state index contributed by atoms with van der Waals surface area (Å²) >= 11 is 0. The van der Waals surface area contributed by atoms with E-state index in [9.17, 15) is 4.79 Å². The largest absolute Gasteiger partial charge is 0.467 e. The van der Waals surface area contributed by atoms with Crippen LogP contribution in [0.3, 0.4) is 0 Å². The molecule has 118 valence electrons. The van der Waals surface area contributed by atoms with Crippen molar-refractivity contribution in [3.05, 3.63) is 24.2 Å². The molecule has 0 bridgehead atoms. The van der Waals surface area contributed by atoms with Crippen molar-refractivity contribution in [2.75, 3.05) is 32.8 Å². The number of nitrogens with zero attached hydrogens (tertiary/aromatic N) is 1. The fourth-order valence-corrected chi connectivity index (χ4v) is 1.53. The lowest BCUT2D eigenvalue weighted by molar-refractivity contribution is -0.119. The molecular weight excluding hydrogens is 272 g/mol. The minimum absolute atomic E-state index is 0.0602. The first-order chi connectivity index (χ1) is 10.3. The molecule has 0 aliphatic heterocycles. The first-order valence-electron chi connectivity index (χ1n) is 7.15. The van der Waals surface area contributed by atoms with Gasteiger partial charge in [-0.1, -0.05) is 0 Å². The summed E-state index contributed by atoms with van der Waals surface area (Å²) < 4.78 is 10.4. The van der Waals surface area contributed by atoms with E-state index < -0.39 is 0 Å². The monoisotopic (exact) mass is 296 g/mol. The maximum absolute atomic E-state index is 11.7. The molecule has 0 aromatic carbocycles. The number of carbonyl (C=O) groups is 1. The van der Waals surface area contributed by atoms with E-state index in [-0.39, 0.29) is 12.5 Å². The maximum Gasteiger partial charge on any atom is 0.242 e. The van der Waals surface area contributed by atoms with Crippen molar-refractivity contribution >= 4 is 11.9 Å². The van der Waals surface area contributed by atoms with E-state index in [1.807, 2.05) is 19.9 Å². The highest BCUT2D eigenvalue weighted by Gasteiger charge is 2.03. The second-order valence-corrected chi connectivity index (χ2v) is 4.17. The van der Waals surface area contributed by atoms with Gasteiger partial charge in [0, 0.05) is 19.7 Å². The molecule has 0 fully saturated rings. The molecule has 0 radical (unpaired) electrons. The Labute approximate surface area is 125 Å². The Morgan fingerprint density at radius 3 is 2.86 bits per heavy atom. The van der Waals surface area contributed by atoms with Crippen molar-refractivity contribution in [3.8, 4) is 0 Å². The predicted molar refractivity (Wildman–Crippen MR) is 81.0 cm³/mol. The molecule has 1 amide bonds. The fraction of sp³-hybridized carbons (Fsp3) is 0.571. The average Bonchev–Trinajstić information content (AvgIpc) is 3.00. The molecule has 3 N–H and O–H groups in total. The summed E-state index contributed by atoms with van der Waals surface area (Å²) in [7, 11) is 0. The number of guanidine groups is 1. The molecule has 1 rings (SSSR count). The highest BCUT2D eigenvalue weighted by atomic mass is 16.5. The summed E-state index contributed by atoms with van der Waals surface area (Å²) in [4.78, 5) is 15.9. The molecule has 0 unspecified atom stereocenters. The molecular formula is C14H24N4O3. The first kappa shape index (κ1) is 17.0. The number of rotatable bonds is 9. The van der Waals surface area contributed by atoms with Crippen LogP contribution in [-0.4, -0.2) is 44.7 Å². The highest BCUT2D eigenvalue weighted by molar-refractivity contribution is 5.84. The van der Waals surface area contributed by atoms with E-state index in [4.69, 9.17) is 9.15 Å². The van der Waals surface area contributed by atoms with Gasteiger partial charge in [0.25, 0.3) is 0 Å². The normalized spacial score (nSPS) is 11.2. The number of ether oxygens (including phenoxy) is 1. The summed E-state index contributed by atoms with van der Waals surface area (Å²) in [6, 6.07) is 3.59. The third-order valence-electron chi connectivity index (χ3n) is 2.51. The van der Waals surface area contributed by atoms with Crippen LogP contribution in [0.25, 0.3) is 0 Å². The Morgan fingerprint density at radius 2 is 2.19 bits per heavy atom. The topological polar surface area (TPSA) is 87.9 Å². The molecule has 0 aliphatic carbocycles. The maximum atomic E-state index is 11.7. The second-order valence-electron chi connectivity index (χ2n) is 4.17. The van der Waals surface area contributed by atoms with Crippen LogP contribution in [-0.2, 0) is 16.1 Å². The molecule has 0 spiro atoms. The lowest BCUT2D eigenvalue weighted by Crippen LogP contribution is -2.40. The van der Waals surface area contributed by atoms with Gasteiger partial charge in [0.15, 0.2) is 5.96 Å². The van der Waals surface area contributed by atoms with Crippen molar-refractivity contribution in [1.82, 2.24) is 16.0 Å². The van der Waals surface area contributed by atoms with Gasteiger partial charge in [0.05, 0.1) is 19.4 Å². The Morgan fingerprint density at radius 1 is 1.33 bits per heavy atom. The van der Waals surface area contributed by atoms with Gasteiger partial charge in [-0.15, -0.1) is 0 Å². The number of aliphatic imine (C=N–C) groups is 1. The summed E-state index contributed by atoms with van der Waals surface area (Å²) in [6.45, 7) is 7.01. The van der Waals surface area contributed by atoms with Crippen LogP contribution in [0.1, 0.15) is 19.6 Å². The summed E-state index contributed by atoms with van der Waals surface area (Å²) in [5, 5.41) is 8.90. The number of amides is 1. The van der Waals surface area contributed by atoms with E-state index >= 15 is 0 Å². The van der Waals surface area contributed by atoms with Crippen LogP contribution < -0.4 is 16.0 Å². The minimum Gasteiger partial charge on any atom is -0.467 e. The third-order valence-corrected chi connectivity index (χ3v) is 2.51. The van der Waals surface area contributed by atoms with Gasteiger partial charge in [0.2, 0.25) is 5.91 Å². The predicted octanol–water partition coefficient (Wildman–Crippen LogP) is 0.487. The first-order valence-corrected chi connectivity index (χ1v) is 7.15. The molecule has 0 saturated heterocycles. The standard InChI is InChI=1S/C14H24N4O3/c1-3-15-14(16-7-9-20-4-2)18-11-13(19)17-10-12-6-5-8-21-12/h5-6,8H,3-4,7,9-11H2,1-2H3,(H,17,19)(H2,15,16,18). The van der Waals surface area contributed by atoms with Crippen molar-refractivity contribution < 1.29 is 13.9 Å². The zero-order chi connectivity index (χ0) is 15.3. The van der Waals surface area contributed by atoms with E-state index in [2.05, 4.69) is 20.9 Å². The van der Waals surface area contributed by atoms with E-state index in [0.717, 1.165) is 6.54 Å². The Bertz CT molecular complexity index is 418. The zero-order valence-electron chi connectivity index (χ0n) is 12.6. The Hall–Kier alpha value is -2.02. The molecule has 0 atom stereocenters. The van der Waals surface area contributed by atoms with E-state index in [0.29, 0.717) is 38.0 Å². The van der Waals surface area contributed by atoms with Gasteiger partial charge in [-0.2, -0.15) is 0 Å². The third kappa shape index (κ3) is 7.98. The molecule has 7 heteroatoms. The van der Waals surface area contributed by atoms with Gasteiger partial charge in [-0.05, 0) is 26.0 Å².